The zero-order valence-corrected chi connectivity index (χ0v) is 17.4. The summed E-state index contributed by atoms with van der Waals surface area (Å²) in [4.78, 5) is 19.5. The van der Waals surface area contributed by atoms with Crippen LogP contribution in [0.4, 0.5) is 4.79 Å². The number of nitrogens with zero attached hydrogens (tertiary/aromatic N) is 6. The lowest BCUT2D eigenvalue weighted by Gasteiger charge is -2.32. The van der Waals surface area contributed by atoms with Crippen molar-refractivity contribution in [3.05, 3.63) is 42.2 Å². The summed E-state index contributed by atoms with van der Waals surface area (Å²) in [6.45, 7) is 6.39. The first-order chi connectivity index (χ1) is 14.1. The van der Waals surface area contributed by atoms with E-state index in [-0.39, 0.29) is 12.1 Å². The molecule has 1 fully saturated rings. The van der Waals surface area contributed by atoms with Crippen LogP contribution in [0.25, 0.3) is 11.0 Å². The van der Waals surface area contributed by atoms with Crippen molar-refractivity contribution >= 4 is 17.1 Å². The maximum Gasteiger partial charge on any atom is 0.317 e. The molecule has 0 radical (unpaired) electrons. The van der Waals surface area contributed by atoms with Crippen LogP contribution in [0, 0.1) is 0 Å². The molecule has 0 saturated carbocycles. The fraction of sp³-hybridized carbons (Fsp3) is 0.524. The van der Waals surface area contributed by atoms with Gasteiger partial charge in [0.1, 0.15) is 12.2 Å². The van der Waals surface area contributed by atoms with Crippen molar-refractivity contribution in [1.82, 2.24) is 34.5 Å². The third-order valence-corrected chi connectivity index (χ3v) is 5.81. The van der Waals surface area contributed by atoms with Crippen LogP contribution in [0.5, 0.6) is 0 Å². The number of hydrogen-bond acceptors (Lipinski definition) is 4. The highest BCUT2D eigenvalue weighted by Gasteiger charge is 2.28. The Labute approximate surface area is 170 Å². The number of imidazole rings is 1. The summed E-state index contributed by atoms with van der Waals surface area (Å²) >= 11 is 0. The Bertz CT molecular complexity index is 984. The van der Waals surface area contributed by atoms with Crippen LogP contribution in [0.2, 0.25) is 0 Å². The quantitative estimate of drug-likeness (QED) is 0.719. The topological polar surface area (TPSA) is 80.9 Å². The first-order valence-corrected chi connectivity index (χ1v) is 10.4. The van der Waals surface area contributed by atoms with E-state index >= 15 is 0 Å². The minimum atomic E-state index is -0.172. The molecule has 1 atom stereocenters. The Hall–Kier alpha value is -2.90. The van der Waals surface area contributed by atoms with Crippen LogP contribution < -0.4 is 5.32 Å². The number of rotatable bonds is 5. The van der Waals surface area contributed by atoms with Gasteiger partial charge in [0.05, 0.1) is 17.1 Å². The van der Waals surface area contributed by atoms with Crippen molar-refractivity contribution in [2.75, 3.05) is 13.1 Å². The lowest BCUT2D eigenvalue weighted by Crippen LogP contribution is -2.45. The number of carbonyl (C=O) groups excluding carboxylic acids is 1. The summed E-state index contributed by atoms with van der Waals surface area (Å²) in [5.74, 6) is 2.30. The van der Waals surface area contributed by atoms with E-state index in [1.807, 2.05) is 28.5 Å². The van der Waals surface area contributed by atoms with E-state index in [4.69, 9.17) is 4.98 Å². The van der Waals surface area contributed by atoms with E-state index in [1.54, 1.807) is 6.33 Å². The number of aryl methyl sites for hydroxylation is 2. The molecule has 8 heteroatoms. The number of amides is 2. The molecule has 0 bridgehead atoms. The van der Waals surface area contributed by atoms with E-state index < -0.39 is 0 Å². The van der Waals surface area contributed by atoms with Gasteiger partial charge < -0.3 is 19.4 Å². The van der Waals surface area contributed by atoms with Crippen LogP contribution in [0.15, 0.2) is 30.6 Å². The van der Waals surface area contributed by atoms with Gasteiger partial charge in [-0.2, -0.15) is 0 Å². The summed E-state index contributed by atoms with van der Waals surface area (Å²) in [6, 6.07) is 8.02. The summed E-state index contributed by atoms with van der Waals surface area (Å²) in [7, 11) is 2.08. The number of para-hydroxylation sites is 2. The van der Waals surface area contributed by atoms with Crippen molar-refractivity contribution in [3.8, 4) is 0 Å². The molecule has 4 rings (SSSR count). The van der Waals surface area contributed by atoms with Gasteiger partial charge in [-0.3, -0.25) is 0 Å². The van der Waals surface area contributed by atoms with Crippen LogP contribution >= 0.6 is 0 Å². The zero-order valence-electron chi connectivity index (χ0n) is 17.4. The monoisotopic (exact) mass is 395 g/mol. The Morgan fingerprint density at radius 3 is 2.76 bits per heavy atom. The Morgan fingerprint density at radius 2 is 2.03 bits per heavy atom. The van der Waals surface area contributed by atoms with Crippen LogP contribution in [-0.4, -0.2) is 48.3 Å². The fourth-order valence-corrected chi connectivity index (χ4v) is 4.22. The average molecular weight is 396 g/mol. The van der Waals surface area contributed by atoms with Gasteiger partial charge >= 0.3 is 6.03 Å². The van der Waals surface area contributed by atoms with Gasteiger partial charge in [0.2, 0.25) is 0 Å². The number of aromatic nitrogens is 5. The maximum atomic E-state index is 12.8. The molecule has 1 aromatic carbocycles. The molecule has 3 aromatic rings. The molecular weight excluding hydrogens is 366 g/mol. The van der Waals surface area contributed by atoms with Gasteiger partial charge in [-0.15, -0.1) is 10.2 Å². The molecule has 154 valence electrons. The number of nitrogens with one attached hydrogen (secondary N) is 1. The molecule has 29 heavy (non-hydrogen) atoms. The van der Waals surface area contributed by atoms with Crippen molar-refractivity contribution < 1.29 is 4.79 Å². The highest BCUT2D eigenvalue weighted by Crippen LogP contribution is 2.29. The van der Waals surface area contributed by atoms with Crippen molar-refractivity contribution in [3.63, 3.8) is 0 Å². The molecule has 0 unspecified atom stereocenters. The predicted octanol–water partition coefficient (Wildman–Crippen LogP) is 3.23. The Morgan fingerprint density at radius 1 is 1.28 bits per heavy atom. The summed E-state index contributed by atoms with van der Waals surface area (Å²) in [5.41, 5.74) is 2.20. The van der Waals surface area contributed by atoms with Gasteiger partial charge in [-0.25, -0.2) is 9.78 Å². The van der Waals surface area contributed by atoms with Gasteiger partial charge in [0.15, 0.2) is 5.82 Å². The van der Waals surface area contributed by atoms with Gasteiger partial charge in [-0.05, 0) is 38.3 Å². The van der Waals surface area contributed by atoms with Crippen LogP contribution in [0.1, 0.15) is 56.7 Å². The molecule has 1 aliphatic rings. The maximum absolute atomic E-state index is 12.8. The molecular formula is C21H29N7O. The van der Waals surface area contributed by atoms with E-state index in [9.17, 15) is 4.79 Å². The van der Waals surface area contributed by atoms with E-state index in [1.165, 1.54) is 0 Å². The van der Waals surface area contributed by atoms with E-state index in [2.05, 4.69) is 46.2 Å². The van der Waals surface area contributed by atoms with Gasteiger partial charge in [0, 0.05) is 32.6 Å². The SMILES string of the molecule is CCCn1cnnc1[C@H](C)NC(=O)N1CCC(c2nc3ccccc3n2C)CC1. The molecule has 2 amide bonds. The van der Waals surface area contributed by atoms with Crippen molar-refractivity contribution in [2.24, 2.45) is 7.05 Å². The number of fused-ring (bicyclic) bond motifs is 1. The first-order valence-electron chi connectivity index (χ1n) is 10.4. The number of hydrogen-bond donors (Lipinski definition) is 1. The molecule has 3 heterocycles. The molecule has 0 spiro atoms. The third-order valence-electron chi connectivity index (χ3n) is 5.81. The minimum Gasteiger partial charge on any atom is -0.331 e. The number of piperidine rings is 1. The summed E-state index contributed by atoms with van der Waals surface area (Å²) in [6.07, 6.45) is 4.57. The predicted molar refractivity (Wildman–Crippen MR) is 112 cm³/mol. The largest absolute Gasteiger partial charge is 0.331 e. The van der Waals surface area contributed by atoms with Gasteiger partial charge in [-0.1, -0.05) is 19.1 Å². The molecule has 1 N–H and O–H groups in total. The Balaban J connectivity index is 1.37. The average Bonchev–Trinajstić information content (AvgIpc) is 3.33. The number of urea groups is 1. The smallest absolute Gasteiger partial charge is 0.317 e. The van der Waals surface area contributed by atoms with Gasteiger partial charge in [0.25, 0.3) is 0 Å². The third kappa shape index (κ3) is 3.83. The lowest BCUT2D eigenvalue weighted by atomic mass is 9.96. The van der Waals surface area contributed by atoms with E-state index in [0.717, 1.165) is 61.6 Å². The standard InChI is InChI=1S/C21H29N7O/c1-4-11-28-14-22-25-19(28)15(2)23-21(29)27-12-9-16(10-13-27)20-24-17-7-5-6-8-18(17)26(20)3/h5-8,14-16H,4,9-13H2,1-3H3,(H,23,29)/t15-/m0/s1. The van der Waals surface area contributed by atoms with Crippen molar-refractivity contribution in [1.29, 1.82) is 0 Å². The second-order valence-corrected chi connectivity index (χ2v) is 7.83. The number of benzene rings is 1. The lowest BCUT2D eigenvalue weighted by molar-refractivity contribution is 0.176. The second kappa shape index (κ2) is 8.23. The minimum absolute atomic E-state index is 0.0352. The fourth-order valence-electron chi connectivity index (χ4n) is 4.22. The molecule has 0 aliphatic carbocycles. The summed E-state index contributed by atoms with van der Waals surface area (Å²) < 4.78 is 4.20. The van der Waals surface area contributed by atoms with Crippen molar-refractivity contribution in [2.45, 2.75) is 51.6 Å². The first kappa shape index (κ1) is 19.4. The highest BCUT2D eigenvalue weighted by molar-refractivity contribution is 5.76. The molecule has 8 nitrogen and oxygen atoms in total. The highest BCUT2D eigenvalue weighted by atomic mass is 16.2. The molecule has 2 aromatic heterocycles. The van der Waals surface area contributed by atoms with Crippen LogP contribution in [-0.2, 0) is 13.6 Å². The Kier molecular flexibility index (Phi) is 5.51. The normalized spacial score (nSPS) is 16.3. The molecule has 1 saturated heterocycles. The van der Waals surface area contributed by atoms with E-state index in [0.29, 0.717) is 5.92 Å². The summed E-state index contributed by atoms with van der Waals surface area (Å²) in [5, 5.41) is 11.3. The number of carbonyl (C=O) groups is 1. The van der Waals surface area contributed by atoms with Crippen LogP contribution in [0.3, 0.4) is 0 Å². The number of likely N-dealkylation sites (tertiary alicyclic amines) is 1. The zero-order chi connectivity index (χ0) is 20.4. The molecule has 1 aliphatic heterocycles. The second-order valence-electron chi connectivity index (χ2n) is 7.83.